The van der Waals surface area contributed by atoms with Crippen molar-refractivity contribution in [2.75, 3.05) is 19.8 Å². The van der Waals surface area contributed by atoms with Gasteiger partial charge < -0.3 is 20.1 Å². The maximum absolute atomic E-state index is 13.3. The van der Waals surface area contributed by atoms with Crippen molar-refractivity contribution in [3.63, 3.8) is 0 Å². The summed E-state index contributed by atoms with van der Waals surface area (Å²) in [5, 5.41) is 12.4. The van der Waals surface area contributed by atoms with Crippen LogP contribution in [0.5, 0.6) is 0 Å². The van der Waals surface area contributed by atoms with Gasteiger partial charge in [0.25, 0.3) is 0 Å². The number of nitrogens with zero attached hydrogens (tertiary/aromatic N) is 1. The number of amides is 2. The van der Waals surface area contributed by atoms with Crippen molar-refractivity contribution in [1.82, 2.24) is 10.2 Å². The van der Waals surface area contributed by atoms with E-state index in [-0.39, 0.29) is 48.9 Å². The Hall–Kier alpha value is -1.89. The smallest absolute Gasteiger partial charge is 0.310 e. The Bertz CT molecular complexity index is 643. The molecule has 1 saturated heterocycles. The Morgan fingerprint density at radius 3 is 2.62 bits per heavy atom. The highest BCUT2D eigenvalue weighted by atomic mass is 16.5. The lowest BCUT2D eigenvalue weighted by Gasteiger charge is -2.33. The van der Waals surface area contributed by atoms with Crippen LogP contribution in [-0.4, -0.2) is 59.6 Å². The molecule has 2 fully saturated rings. The van der Waals surface area contributed by atoms with Gasteiger partial charge in [-0.05, 0) is 32.1 Å². The Morgan fingerprint density at radius 2 is 1.97 bits per heavy atom. The zero-order valence-corrected chi connectivity index (χ0v) is 17.5. The molecule has 0 radical (unpaired) electrons. The number of fused-ring (bicyclic) bond motifs is 1. The van der Waals surface area contributed by atoms with Crippen LogP contribution in [0.15, 0.2) is 12.2 Å². The minimum absolute atomic E-state index is 0.0520. The summed E-state index contributed by atoms with van der Waals surface area (Å²) >= 11 is 0. The third-order valence-corrected chi connectivity index (χ3v) is 6.61. The molecule has 7 heteroatoms. The number of aliphatic hydroxyl groups excluding tert-OH is 1. The molecule has 0 aromatic carbocycles. The summed E-state index contributed by atoms with van der Waals surface area (Å²) < 4.78 is 5.26. The molecule has 1 saturated carbocycles. The molecule has 2 aliphatic carbocycles. The topological polar surface area (TPSA) is 95.9 Å². The molecular weight excluding hydrogens is 372 g/mol. The molecule has 0 spiro atoms. The number of allylic oxidation sites excluding steroid dienone is 1. The summed E-state index contributed by atoms with van der Waals surface area (Å²) in [6.45, 7) is 4.18. The van der Waals surface area contributed by atoms with Gasteiger partial charge >= 0.3 is 5.97 Å². The number of rotatable bonds is 7. The fraction of sp³-hybridized carbons (Fsp3) is 0.773. The average Bonchev–Trinajstić information content (AvgIpc) is 2.99. The second kappa shape index (κ2) is 9.74. The SMILES string of the molecule is CCOC(=O)[C@H]1[C@@H]2C(=O)N(CCCO)[C@H](C(=O)NC3CCCCC3)[C@H]2C=C[C@H]1C. The molecule has 0 unspecified atom stereocenters. The van der Waals surface area contributed by atoms with E-state index >= 15 is 0 Å². The standard InChI is InChI=1S/C22H34N2O5/c1-3-29-22(28)17-14(2)10-11-16-18(17)21(27)24(12-7-13-25)19(16)20(26)23-15-8-5-4-6-9-15/h10-11,14-19,25H,3-9,12-13H2,1-2H3,(H,23,26)/t14-,16+,17-,18-,19+/m1/s1. The summed E-state index contributed by atoms with van der Waals surface area (Å²) in [6.07, 6.45) is 9.63. The van der Waals surface area contributed by atoms with E-state index in [2.05, 4.69) is 5.32 Å². The van der Waals surface area contributed by atoms with E-state index in [9.17, 15) is 19.5 Å². The first-order chi connectivity index (χ1) is 14.0. The van der Waals surface area contributed by atoms with Crippen LogP contribution in [0.1, 0.15) is 52.4 Å². The number of esters is 1. The molecular formula is C22H34N2O5. The van der Waals surface area contributed by atoms with Gasteiger partial charge in [-0.25, -0.2) is 0 Å². The largest absolute Gasteiger partial charge is 0.466 e. The lowest BCUT2D eigenvalue weighted by molar-refractivity contribution is -0.155. The highest BCUT2D eigenvalue weighted by Gasteiger charge is 2.57. The Labute approximate surface area is 172 Å². The van der Waals surface area contributed by atoms with E-state index in [1.54, 1.807) is 11.8 Å². The fourth-order valence-corrected chi connectivity index (χ4v) is 5.21. The number of ether oxygens (including phenoxy) is 1. The van der Waals surface area contributed by atoms with Gasteiger partial charge in [-0.15, -0.1) is 0 Å². The predicted molar refractivity (Wildman–Crippen MR) is 108 cm³/mol. The van der Waals surface area contributed by atoms with Crippen molar-refractivity contribution < 1.29 is 24.2 Å². The third-order valence-electron chi connectivity index (χ3n) is 6.61. The second-order valence-electron chi connectivity index (χ2n) is 8.52. The van der Waals surface area contributed by atoms with E-state index in [1.807, 2.05) is 19.1 Å². The molecule has 3 rings (SSSR count). The Morgan fingerprint density at radius 1 is 1.24 bits per heavy atom. The molecule has 162 valence electrons. The van der Waals surface area contributed by atoms with Crippen LogP contribution in [0.25, 0.3) is 0 Å². The summed E-state index contributed by atoms with van der Waals surface area (Å²) in [7, 11) is 0. The second-order valence-corrected chi connectivity index (χ2v) is 8.52. The first-order valence-corrected chi connectivity index (χ1v) is 11.1. The minimum Gasteiger partial charge on any atom is -0.466 e. The number of hydrogen-bond donors (Lipinski definition) is 2. The van der Waals surface area contributed by atoms with E-state index in [4.69, 9.17) is 4.74 Å². The van der Waals surface area contributed by atoms with Crippen LogP contribution in [0.4, 0.5) is 0 Å². The van der Waals surface area contributed by atoms with Gasteiger partial charge in [0.05, 0.1) is 18.4 Å². The van der Waals surface area contributed by atoms with Crippen molar-refractivity contribution in [1.29, 1.82) is 0 Å². The molecule has 1 aliphatic heterocycles. The first-order valence-electron chi connectivity index (χ1n) is 11.1. The van der Waals surface area contributed by atoms with Gasteiger partial charge in [0.15, 0.2) is 0 Å². The monoisotopic (exact) mass is 406 g/mol. The normalized spacial score (nSPS) is 32.2. The Balaban J connectivity index is 1.86. The number of hydrogen-bond acceptors (Lipinski definition) is 5. The van der Waals surface area contributed by atoms with Gasteiger partial charge in [-0.1, -0.05) is 38.3 Å². The molecule has 2 N–H and O–H groups in total. The van der Waals surface area contributed by atoms with Crippen molar-refractivity contribution in [3.05, 3.63) is 12.2 Å². The minimum atomic E-state index is -0.637. The van der Waals surface area contributed by atoms with Crippen LogP contribution in [0, 0.1) is 23.7 Å². The fourth-order valence-electron chi connectivity index (χ4n) is 5.21. The van der Waals surface area contributed by atoms with Crippen LogP contribution in [-0.2, 0) is 19.1 Å². The van der Waals surface area contributed by atoms with E-state index in [0.717, 1.165) is 25.7 Å². The van der Waals surface area contributed by atoms with E-state index in [1.165, 1.54) is 6.42 Å². The summed E-state index contributed by atoms with van der Waals surface area (Å²) in [5.74, 6) is -2.34. The first kappa shape index (κ1) is 21.8. The van der Waals surface area contributed by atoms with Crippen LogP contribution < -0.4 is 5.32 Å². The zero-order valence-electron chi connectivity index (χ0n) is 17.5. The molecule has 2 amide bonds. The number of carbonyl (C=O) groups excluding carboxylic acids is 3. The van der Waals surface area contributed by atoms with Gasteiger partial charge in [0, 0.05) is 25.1 Å². The summed E-state index contributed by atoms with van der Waals surface area (Å²) in [4.78, 5) is 40.8. The molecule has 5 atom stereocenters. The highest BCUT2D eigenvalue weighted by molar-refractivity contribution is 5.96. The van der Waals surface area contributed by atoms with E-state index < -0.39 is 17.9 Å². The lowest BCUT2D eigenvalue weighted by Crippen LogP contribution is -2.50. The maximum Gasteiger partial charge on any atom is 0.310 e. The highest BCUT2D eigenvalue weighted by Crippen LogP contribution is 2.44. The van der Waals surface area contributed by atoms with Crippen molar-refractivity contribution in [2.24, 2.45) is 23.7 Å². The number of likely N-dealkylation sites (tertiary alicyclic amines) is 1. The van der Waals surface area contributed by atoms with Crippen molar-refractivity contribution in [2.45, 2.75) is 64.5 Å². The van der Waals surface area contributed by atoms with Crippen LogP contribution >= 0.6 is 0 Å². The third kappa shape index (κ3) is 4.49. The summed E-state index contributed by atoms with van der Waals surface area (Å²) in [6, 6.07) is -0.487. The quantitative estimate of drug-likeness (QED) is 0.495. The van der Waals surface area contributed by atoms with Crippen molar-refractivity contribution >= 4 is 17.8 Å². The average molecular weight is 407 g/mol. The number of carbonyl (C=O) groups is 3. The maximum atomic E-state index is 13.3. The van der Waals surface area contributed by atoms with Gasteiger partial charge in [-0.3, -0.25) is 14.4 Å². The van der Waals surface area contributed by atoms with Gasteiger partial charge in [-0.2, -0.15) is 0 Å². The van der Waals surface area contributed by atoms with Gasteiger partial charge in [0.2, 0.25) is 11.8 Å². The molecule has 0 aromatic rings. The zero-order chi connectivity index (χ0) is 21.0. The number of aliphatic hydroxyl groups is 1. The Kier molecular flexibility index (Phi) is 7.33. The molecule has 3 aliphatic rings. The molecule has 1 heterocycles. The molecule has 7 nitrogen and oxygen atoms in total. The summed E-state index contributed by atoms with van der Waals surface area (Å²) in [5.41, 5.74) is 0. The van der Waals surface area contributed by atoms with Crippen LogP contribution in [0.3, 0.4) is 0 Å². The lowest BCUT2D eigenvalue weighted by atomic mass is 9.70. The van der Waals surface area contributed by atoms with E-state index in [0.29, 0.717) is 13.0 Å². The molecule has 29 heavy (non-hydrogen) atoms. The number of nitrogens with one attached hydrogen (secondary N) is 1. The van der Waals surface area contributed by atoms with Gasteiger partial charge in [0.1, 0.15) is 6.04 Å². The van der Waals surface area contributed by atoms with Crippen molar-refractivity contribution in [3.8, 4) is 0 Å². The van der Waals surface area contributed by atoms with Crippen LogP contribution in [0.2, 0.25) is 0 Å². The molecule has 0 bridgehead atoms. The predicted octanol–water partition coefficient (Wildman–Crippen LogP) is 1.65. The molecule has 0 aromatic heterocycles.